The third kappa shape index (κ3) is 2.45. The molecule has 0 spiro atoms. The number of piperidine rings is 1. The minimum atomic E-state index is 0.547. The maximum Gasteiger partial charge on any atom is 0.225 e. The molecule has 1 N–H and O–H groups in total. The van der Waals surface area contributed by atoms with E-state index < -0.39 is 0 Å². The van der Waals surface area contributed by atoms with Gasteiger partial charge in [0.15, 0.2) is 0 Å². The Bertz CT molecular complexity index is 286. The molecule has 1 saturated heterocycles. The number of rotatable bonds is 3. The Balaban J connectivity index is 2.11. The smallest absolute Gasteiger partial charge is 0.225 e. The van der Waals surface area contributed by atoms with Crippen molar-refractivity contribution in [2.24, 2.45) is 0 Å². The Hall–Kier alpha value is -1.16. The Kier molecular flexibility index (Phi) is 3.50. The van der Waals surface area contributed by atoms with Crippen LogP contribution in [-0.4, -0.2) is 36.1 Å². The molecule has 1 aromatic rings. The first-order valence-corrected chi connectivity index (χ1v) is 5.60. The molecule has 15 heavy (non-hydrogen) atoms. The fourth-order valence-electron chi connectivity index (χ4n) is 2.15. The molecule has 4 heteroatoms. The van der Waals surface area contributed by atoms with Crippen LogP contribution in [0.15, 0.2) is 18.5 Å². The molecule has 0 aromatic carbocycles. The standard InChI is InChI=1S/C11H18N4/c1-12-9-10-5-2-3-8-15(10)11-13-6-4-7-14-11/h4,6-7,10,12H,2-3,5,8-9H2,1H3. The molecular weight excluding hydrogens is 188 g/mol. The largest absolute Gasteiger partial charge is 0.337 e. The average molecular weight is 206 g/mol. The predicted octanol–water partition coefficient (Wildman–Crippen LogP) is 1.05. The lowest BCUT2D eigenvalue weighted by Gasteiger charge is -2.35. The molecule has 0 radical (unpaired) electrons. The molecule has 1 aromatic heterocycles. The van der Waals surface area contributed by atoms with Gasteiger partial charge in [-0.25, -0.2) is 9.97 Å². The van der Waals surface area contributed by atoms with Crippen molar-refractivity contribution in [3.8, 4) is 0 Å². The summed E-state index contributed by atoms with van der Waals surface area (Å²) in [6, 6.07) is 2.41. The number of hydrogen-bond acceptors (Lipinski definition) is 4. The summed E-state index contributed by atoms with van der Waals surface area (Å²) in [5.41, 5.74) is 0. The highest BCUT2D eigenvalue weighted by atomic mass is 15.3. The van der Waals surface area contributed by atoms with Crippen molar-refractivity contribution in [2.45, 2.75) is 25.3 Å². The van der Waals surface area contributed by atoms with Crippen LogP contribution in [0.3, 0.4) is 0 Å². The lowest BCUT2D eigenvalue weighted by atomic mass is 10.0. The lowest BCUT2D eigenvalue weighted by Crippen LogP contribution is -2.45. The van der Waals surface area contributed by atoms with Gasteiger partial charge in [0.05, 0.1) is 0 Å². The van der Waals surface area contributed by atoms with E-state index in [1.54, 1.807) is 0 Å². The van der Waals surface area contributed by atoms with E-state index in [1.807, 2.05) is 25.5 Å². The number of nitrogens with zero attached hydrogens (tertiary/aromatic N) is 3. The monoisotopic (exact) mass is 206 g/mol. The van der Waals surface area contributed by atoms with Gasteiger partial charge < -0.3 is 10.2 Å². The summed E-state index contributed by atoms with van der Waals surface area (Å²) in [6.45, 7) is 2.09. The molecule has 1 unspecified atom stereocenters. The number of likely N-dealkylation sites (N-methyl/N-ethyl adjacent to an activating group) is 1. The maximum absolute atomic E-state index is 4.32. The van der Waals surface area contributed by atoms with Gasteiger partial charge in [-0.2, -0.15) is 0 Å². The van der Waals surface area contributed by atoms with E-state index >= 15 is 0 Å². The van der Waals surface area contributed by atoms with Crippen molar-refractivity contribution in [1.82, 2.24) is 15.3 Å². The molecule has 1 fully saturated rings. The fourth-order valence-corrected chi connectivity index (χ4v) is 2.15. The molecule has 2 rings (SSSR count). The molecule has 1 aliphatic heterocycles. The highest BCUT2D eigenvalue weighted by Crippen LogP contribution is 2.20. The van der Waals surface area contributed by atoms with E-state index in [1.165, 1.54) is 19.3 Å². The van der Waals surface area contributed by atoms with Crippen LogP contribution >= 0.6 is 0 Å². The molecular formula is C11H18N4. The topological polar surface area (TPSA) is 41.0 Å². The van der Waals surface area contributed by atoms with Crippen LogP contribution in [0.25, 0.3) is 0 Å². The van der Waals surface area contributed by atoms with Crippen LogP contribution < -0.4 is 10.2 Å². The Morgan fingerprint density at radius 3 is 2.93 bits per heavy atom. The van der Waals surface area contributed by atoms with Crippen molar-refractivity contribution in [1.29, 1.82) is 0 Å². The zero-order valence-corrected chi connectivity index (χ0v) is 9.19. The van der Waals surface area contributed by atoms with Gasteiger partial charge >= 0.3 is 0 Å². The second-order valence-corrected chi connectivity index (χ2v) is 3.95. The van der Waals surface area contributed by atoms with Crippen molar-refractivity contribution in [2.75, 3.05) is 25.0 Å². The van der Waals surface area contributed by atoms with Crippen LogP contribution in [-0.2, 0) is 0 Å². The third-order valence-electron chi connectivity index (χ3n) is 2.88. The zero-order chi connectivity index (χ0) is 10.5. The molecule has 0 bridgehead atoms. The minimum absolute atomic E-state index is 0.547. The minimum Gasteiger partial charge on any atom is -0.337 e. The van der Waals surface area contributed by atoms with Gasteiger partial charge in [-0.3, -0.25) is 0 Å². The van der Waals surface area contributed by atoms with E-state index in [-0.39, 0.29) is 0 Å². The predicted molar refractivity (Wildman–Crippen MR) is 60.9 cm³/mol. The molecule has 0 aliphatic carbocycles. The Morgan fingerprint density at radius 2 is 2.20 bits per heavy atom. The summed E-state index contributed by atoms with van der Waals surface area (Å²) in [4.78, 5) is 11.0. The summed E-state index contributed by atoms with van der Waals surface area (Å²) in [5, 5.41) is 3.24. The van der Waals surface area contributed by atoms with Gasteiger partial charge in [0, 0.05) is 31.5 Å². The van der Waals surface area contributed by atoms with Gasteiger partial charge in [0.25, 0.3) is 0 Å². The summed E-state index contributed by atoms with van der Waals surface area (Å²) in [5.74, 6) is 0.873. The Morgan fingerprint density at radius 1 is 1.40 bits per heavy atom. The van der Waals surface area contributed by atoms with Gasteiger partial charge in [-0.1, -0.05) is 0 Å². The van der Waals surface area contributed by atoms with Gasteiger partial charge in [-0.05, 0) is 32.4 Å². The quantitative estimate of drug-likeness (QED) is 0.802. The van der Waals surface area contributed by atoms with Gasteiger partial charge in [0.2, 0.25) is 5.95 Å². The maximum atomic E-state index is 4.32. The van der Waals surface area contributed by atoms with E-state index in [0.717, 1.165) is 19.0 Å². The van der Waals surface area contributed by atoms with Crippen molar-refractivity contribution in [3.05, 3.63) is 18.5 Å². The van der Waals surface area contributed by atoms with E-state index in [9.17, 15) is 0 Å². The van der Waals surface area contributed by atoms with Gasteiger partial charge in [0.1, 0.15) is 0 Å². The SMILES string of the molecule is CNCC1CCCCN1c1ncccn1. The lowest BCUT2D eigenvalue weighted by molar-refractivity contribution is 0.440. The Labute approximate surface area is 90.7 Å². The second-order valence-electron chi connectivity index (χ2n) is 3.95. The molecule has 82 valence electrons. The zero-order valence-electron chi connectivity index (χ0n) is 9.19. The van der Waals surface area contributed by atoms with Crippen LogP contribution in [0.2, 0.25) is 0 Å². The number of aromatic nitrogens is 2. The number of anilines is 1. The molecule has 1 atom stereocenters. The average Bonchev–Trinajstić information content (AvgIpc) is 2.31. The van der Waals surface area contributed by atoms with Crippen LogP contribution in [0, 0.1) is 0 Å². The molecule has 0 saturated carbocycles. The first-order chi connectivity index (χ1) is 7.42. The summed E-state index contributed by atoms with van der Waals surface area (Å²) >= 11 is 0. The fraction of sp³-hybridized carbons (Fsp3) is 0.636. The van der Waals surface area contributed by atoms with Gasteiger partial charge in [-0.15, -0.1) is 0 Å². The molecule has 1 aliphatic rings. The third-order valence-corrected chi connectivity index (χ3v) is 2.88. The first-order valence-electron chi connectivity index (χ1n) is 5.60. The summed E-state index contributed by atoms with van der Waals surface area (Å²) in [7, 11) is 2.00. The first kappa shape index (κ1) is 10.4. The van der Waals surface area contributed by atoms with Crippen molar-refractivity contribution in [3.63, 3.8) is 0 Å². The highest BCUT2D eigenvalue weighted by Gasteiger charge is 2.23. The molecule has 2 heterocycles. The second kappa shape index (κ2) is 5.07. The molecule has 0 amide bonds. The van der Waals surface area contributed by atoms with E-state index in [0.29, 0.717) is 6.04 Å². The van der Waals surface area contributed by atoms with Crippen LogP contribution in [0.5, 0.6) is 0 Å². The van der Waals surface area contributed by atoms with Crippen molar-refractivity contribution >= 4 is 5.95 Å². The summed E-state index contributed by atoms with van der Waals surface area (Å²) in [6.07, 6.45) is 7.42. The number of nitrogens with one attached hydrogen (secondary N) is 1. The van der Waals surface area contributed by atoms with Crippen LogP contribution in [0.4, 0.5) is 5.95 Å². The highest BCUT2D eigenvalue weighted by molar-refractivity contribution is 5.31. The van der Waals surface area contributed by atoms with Crippen molar-refractivity contribution < 1.29 is 0 Å². The summed E-state index contributed by atoms with van der Waals surface area (Å²) < 4.78 is 0. The molecule has 4 nitrogen and oxygen atoms in total. The van der Waals surface area contributed by atoms with E-state index in [2.05, 4.69) is 20.2 Å². The number of hydrogen-bond donors (Lipinski definition) is 1. The van der Waals surface area contributed by atoms with E-state index in [4.69, 9.17) is 0 Å². The van der Waals surface area contributed by atoms with Crippen LogP contribution in [0.1, 0.15) is 19.3 Å². The normalized spacial score (nSPS) is 21.7.